The molecule has 0 saturated carbocycles. The summed E-state index contributed by atoms with van der Waals surface area (Å²) in [5.41, 5.74) is 29.4. The molecule has 24 heavy (non-hydrogen) atoms. The molecule has 0 aliphatic carbocycles. The quantitative estimate of drug-likeness (QED) is 0.423. The molecule has 156 valence electrons. The van der Waals surface area contributed by atoms with Gasteiger partial charge in [0.15, 0.2) is 0 Å². The maximum Gasteiger partial charge on any atom is 0.0425 e. The first-order valence-electron chi connectivity index (χ1n) is 14.2. The smallest absolute Gasteiger partial charge is 0.0425 e. The second-order valence-corrected chi connectivity index (χ2v) is 3.28. The fourth-order valence-corrected chi connectivity index (χ4v) is 0. The van der Waals surface area contributed by atoms with Gasteiger partial charge in [0.1, 0.15) is 0 Å². The van der Waals surface area contributed by atoms with Gasteiger partial charge in [0.05, 0.1) is 0 Å². The average molecular weight is 367 g/mol. The van der Waals surface area contributed by atoms with Crippen LogP contribution in [0, 0.1) is 0 Å². The van der Waals surface area contributed by atoms with E-state index in [0.717, 1.165) is 6.42 Å². The predicted octanol–water partition coefficient (Wildman–Crippen LogP) is 2.13. The topological polar surface area (TPSA) is 156 Å². The van der Waals surface area contributed by atoms with E-state index in [-0.39, 0.29) is 12.9 Å². The van der Waals surface area contributed by atoms with E-state index < -0.39 is 45.2 Å². The zero-order valence-electron chi connectivity index (χ0n) is 28.5. The van der Waals surface area contributed by atoms with Crippen molar-refractivity contribution in [2.24, 2.45) is 34.4 Å². The third-order valence-corrected chi connectivity index (χ3v) is 1.20. The summed E-state index contributed by atoms with van der Waals surface area (Å²) in [4.78, 5) is 0. The highest BCUT2D eigenvalue weighted by atomic mass is 14.5. The van der Waals surface area contributed by atoms with Crippen molar-refractivity contribution >= 4 is 0 Å². The van der Waals surface area contributed by atoms with Gasteiger partial charge in [-0.3, -0.25) is 0 Å². The van der Waals surface area contributed by atoms with Crippen LogP contribution in [0.4, 0.5) is 0 Å². The molecule has 0 bridgehead atoms. The minimum atomic E-state index is -1.83. The summed E-state index contributed by atoms with van der Waals surface area (Å²) in [6.45, 7) is 4.62. The van der Waals surface area contributed by atoms with Crippen molar-refractivity contribution in [2.45, 2.75) is 79.9 Å². The van der Waals surface area contributed by atoms with Crippen molar-refractivity contribution in [1.29, 1.82) is 0 Å². The van der Waals surface area contributed by atoms with E-state index in [0.29, 0.717) is 13.0 Å². The van der Waals surface area contributed by atoms with Crippen LogP contribution in [0.2, 0.25) is 0 Å². The van der Waals surface area contributed by atoms with E-state index in [1.165, 1.54) is 13.8 Å². The molecule has 6 nitrogen and oxygen atoms in total. The van der Waals surface area contributed by atoms with Crippen molar-refractivity contribution < 1.29 is 16.4 Å². The Kier molecular flexibility index (Phi) is 45.1. The van der Waals surface area contributed by atoms with E-state index in [2.05, 4.69) is 0 Å². The van der Waals surface area contributed by atoms with Gasteiger partial charge in [0.25, 0.3) is 0 Å². The fourth-order valence-electron chi connectivity index (χ4n) is 0. The Hall–Kier alpha value is -0.240. The van der Waals surface area contributed by atoms with Crippen molar-refractivity contribution in [3.63, 3.8) is 0 Å². The Bertz CT molecular complexity index is 392. The van der Waals surface area contributed by atoms with E-state index in [1.54, 1.807) is 20.8 Å². The van der Waals surface area contributed by atoms with Gasteiger partial charge < -0.3 is 34.4 Å². The summed E-state index contributed by atoms with van der Waals surface area (Å²) in [5.74, 6) is 0. The Balaban J connectivity index is -0.0000000754. The summed E-state index contributed by atoms with van der Waals surface area (Å²) in [6, 6.07) is 0. The van der Waals surface area contributed by atoms with Crippen molar-refractivity contribution in [3.8, 4) is 0 Å². The minimum Gasteiger partial charge on any atom is -0.330 e. The summed E-state index contributed by atoms with van der Waals surface area (Å²) < 4.78 is 80.0. The lowest BCUT2D eigenvalue weighted by molar-refractivity contribution is 0.932. The first-order valence-corrected chi connectivity index (χ1v) is 7.71. The Morgan fingerprint density at radius 3 is 0.792 bits per heavy atom. The summed E-state index contributed by atoms with van der Waals surface area (Å²) in [6.07, 6.45) is -1.81. The van der Waals surface area contributed by atoms with Gasteiger partial charge in [-0.05, 0) is 77.5 Å². The van der Waals surface area contributed by atoms with Crippen molar-refractivity contribution in [1.82, 2.24) is 0 Å². The molecule has 6 unspecified atom stereocenters. The monoisotopic (exact) mass is 367 g/mol. The number of nitrogens with two attached hydrogens (primary N) is 6. The maximum atomic E-state index is 6.74. The molecule has 0 aliphatic heterocycles. The lowest BCUT2D eigenvalue weighted by Crippen LogP contribution is -1.93. The number of hydrogen-bond donors (Lipinski definition) is 6. The van der Waals surface area contributed by atoms with Crippen LogP contribution in [-0.4, -0.2) is 39.1 Å². The highest BCUT2D eigenvalue weighted by Crippen LogP contribution is 1.59. The molecular formula is C18H54N6. The average Bonchev–Trinajstić information content (AvgIpc) is 2.68. The molecule has 6 heteroatoms. The van der Waals surface area contributed by atoms with Crippen LogP contribution in [-0.2, 0) is 0 Å². The van der Waals surface area contributed by atoms with Crippen LogP contribution < -0.4 is 34.4 Å². The van der Waals surface area contributed by atoms with Crippen LogP contribution in [0.5, 0.6) is 0 Å². The molecule has 0 aromatic rings. The molecule has 0 heterocycles. The van der Waals surface area contributed by atoms with Crippen LogP contribution >= 0.6 is 0 Å². The molecule has 0 amide bonds. The largest absolute Gasteiger partial charge is 0.330 e. The standard InChI is InChI=1S/6C3H9N/c6*1-2-3-4/h6*2-4H2,1H3/i2D2,3D;2D,3D2;2D,3D;3D2;3D;2D. The molecule has 12 N–H and O–H groups in total. The highest BCUT2D eigenvalue weighted by Gasteiger charge is 1.57. The molecule has 0 fully saturated rings. The van der Waals surface area contributed by atoms with E-state index >= 15 is 0 Å². The van der Waals surface area contributed by atoms with Gasteiger partial charge >= 0.3 is 0 Å². The van der Waals surface area contributed by atoms with Gasteiger partial charge in [0, 0.05) is 16.4 Å². The molecule has 0 aromatic carbocycles. The third kappa shape index (κ3) is 283. The van der Waals surface area contributed by atoms with Crippen LogP contribution in [0.25, 0.3) is 0 Å². The van der Waals surface area contributed by atoms with Gasteiger partial charge in [-0.15, -0.1) is 0 Å². The minimum absolute atomic E-state index is 0.0880. The fraction of sp³-hybridized carbons (Fsp3) is 1.00. The SMILES string of the molecule is [2H]C(C)C([2H])([2H])N.[2H]C(C)C([2H])N.[2H]C(C)CN.[2H]C(N)C([2H])([2H])C.[2H]C(N)CC.[2H]C([2H])(N)CC. The van der Waals surface area contributed by atoms with Crippen LogP contribution in [0.15, 0.2) is 0 Å². The first kappa shape index (κ1) is 13.9. The molecule has 0 saturated heterocycles. The zero-order valence-corrected chi connectivity index (χ0v) is 16.5. The van der Waals surface area contributed by atoms with Crippen molar-refractivity contribution in [3.05, 3.63) is 0 Å². The van der Waals surface area contributed by atoms with Crippen LogP contribution in [0.1, 0.15) is 96.4 Å². The Labute approximate surface area is 171 Å². The van der Waals surface area contributed by atoms with Gasteiger partial charge in [-0.2, -0.15) is 0 Å². The second-order valence-electron chi connectivity index (χ2n) is 3.28. The van der Waals surface area contributed by atoms with Gasteiger partial charge in [0.2, 0.25) is 0 Å². The van der Waals surface area contributed by atoms with E-state index in [1.807, 2.05) is 6.92 Å². The number of rotatable bonds is 6. The lowest BCUT2D eigenvalue weighted by Gasteiger charge is -1.70. The summed E-state index contributed by atoms with van der Waals surface area (Å²) >= 11 is 0. The summed E-state index contributed by atoms with van der Waals surface area (Å²) in [7, 11) is 0. The Morgan fingerprint density at radius 2 is 0.792 bits per heavy atom. The van der Waals surface area contributed by atoms with Crippen LogP contribution in [0.3, 0.4) is 0 Å². The van der Waals surface area contributed by atoms with E-state index in [9.17, 15) is 0 Å². The van der Waals surface area contributed by atoms with Gasteiger partial charge in [-0.1, -0.05) is 41.5 Å². The summed E-state index contributed by atoms with van der Waals surface area (Å²) in [5, 5.41) is 0. The normalized spacial score (nSPS) is 24.5. The van der Waals surface area contributed by atoms with E-state index in [4.69, 9.17) is 50.9 Å². The molecule has 0 spiro atoms. The second kappa shape index (κ2) is 77.9. The zero-order chi connectivity index (χ0) is 31.1. The predicted molar refractivity (Wildman–Crippen MR) is 116 cm³/mol. The highest BCUT2D eigenvalue weighted by molar-refractivity contribution is 4.21. The molecule has 0 radical (unpaired) electrons. The lowest BCUT2D eigenvalue weighted by atomic mass is 10.5. The molecule has 0 rings (SSSR count). The molecule has 0 aromatic heterocycles. The van der Waals surface area contributed by atoms with Gasteiger partial charge in [-0.25, -0.2) is 0 Å². The molecular weight excluding hydrogens is 300 g/mol. The molecule has 6 atom stereocenters. The van der Waals surface area contributed by atoms with Crippen molar-refractivity contribution in [2.75, 3.05) is 39.1 Å². The maximum absolute atomic E-state index is 6.74. The molecule has 0 aliphatic rings. The first-order chi connectivity index (χ1) is 15.6. The number of hydrogen-bond acceptors (Lipinski definition) is 6. The third-order valence-electron chi connectivity index (χ3n) is 1.20. The Morgan fingerprint density at radius 1 is 0.542 bits per heavy atom.